The Bertz CT molecular complexity index is 356. The Hall–Kier alpha value is -1.02. The third-order valence-corrected chi connectivity index (χ3v) is 2.81. The largest absolute Gasteiger partial charge is 0.494 e. The summed E-state index contributed by atoms with van der Waals surface area (Å²) < 4.78 is 5.53. The second-order valence-electron chi connectivity index (χ2n) is 4.60. The van der Waals surface area contributed by atoms with E-state index in [9.17, 15) is 5.11 Å². The molecule has 1 aromatic rings. The number of aliphatic hydroxyl groups excluding tert-OH is 1. The molecule has 16 heavy (non-hydrogen) atoms. The van der Waals surface area contributed by atoms with Crippen molar-refractivity contribution in [3.8, 4) is 5.75 Å². The SMILES string of the molecule is CCOc1cc(C)c(C(O)C(C)C)cc1C. The molecule has 2 nitrogen and oxygen atoms in total. The van der Waals surface area contributed by atoms with Gasteiger partial charge in [0, 0.05) is 0 Å². The van der Waals surface area contributed by atoms with Crippen LogP contribution in [0, 0.1) is 19.8 Å². The van der Waals surface area contributed by atoms with Gasteiger partial charge in [-0.05, 0) is 55.5 Å². The lowest BCUT2D eigenvalue weighted by Crippen LogP contribution is -2.08. The number of aliphatic hydroxyl groups is 1. The lowest BCUT2D eigenvalue weighted by Gasteiger charge is -2.19. The minimum absolute atomic E-state index is 0.232. The van der Waals surface area contributed by atoms with Gasteiger partial charge in [0.1, 0.15) is 5.75 Å². The van der Waals surface area contributed by atoms with Crippen molar-refractivity contribution in [3.63, 3.8) is 0 Å². The van der Waals surface area contributed by atoms with Crippen molar-refractivity contribution in [2.75, 3.05) is 6.61 Å². The minimum Gasteiger partial charge on any atom is -0.494 e. The number of hydrogen-bond donors (Lipinski definition) is 1. The van der Waals surface area contributed by atoms with Crippen molar-refractivity contribution < 1.29 is 9.84 Å². The molecule has 1 rings (SSSR count). The Balaban J connectivity index is 3.10. The Morgan fingerprint density at radius 2 is 1.81 bits per heavy atom. The molecule has 0 bridgehead atoms. The molecule has 0 aliphatic rings. The average Bonchev–Trinajstić information content (AvgIpc) is 2.22. The predicted octanol–water partition coefficient (Wildman–Crippen LogP) is 3.39. The predicted molar refractivity (Wildman–Crippen MR) is 66.9 cm³/mol. The van der Waals surface area contributed by atoms with Crippen LogP contribution in [0.4, 0.5) is 0 Å². The van der Waals surface area contributed by atoms with E-state index in [-0.39, 0.29) is 5.92 Å². The Morgan fingerprint density at radius 3 is 2.31 bits per heavy atom. The smallest absolute Gasteiger partial charge is 0.122 e. The zero-order valence-electron chi connectivity index (χ0n) is 10.9. The lowest BCUT2D eigenvalue weighted by atomic mass is 9.93. The zero-order chi connectivity index (χ0) is 12.3. The molecule has 0 aliphatic heterocycles. The number of ether oxygens (including phenoxy) is 1. The van der Waals surface area contributed by atoms with E-state index >= 15 is 0 Å². The van der Waals surface area contributed by atoms with Crippen LogP contribution in [0.3, 0.4) is 0 Å². The zero-order valence-corrected chi connectivity index (χ0v) is 10.9. The third-order valence-electron chi connectivity index (χ3n) is 2.81. The summed E-state index contributed by atoms with van der Waals surface area (Å²) in [4.78, 5) is 0. The first-order valence-corrected chi connectivity index (χ1v) is 5.89. The summed E-state index contributed by atoms with van der Waals surface area (Å²) in [7, 11) is 0. The summed E-state index contributed by atoms with van der Waals surface area (Å²) in [5, 5.41) is 10.1. The number of aryl methyl sites for hydroxylation is 2. The molecular weight excluding hydrogens is 200 g/mol. The van der Waals surface area contributed by atoms with E-state index in [1.54, 1.807) is 0 Å². The number of benzene rings is 1. The third kappa shape index (κ3) is 2.76. The van der Waals surface area contributed by atoms with Crippen LogP contribution >= 0.6 is 0 Å². The minimum atomic E-state index is -0.394. The standard InChI is InChI=1S/C14H22O2/c1-6-16-13-8-10(4)12(7-11(13)5)14(15)9(2)3/h7-9,14-15H,6H2,1-5H3. The first kappa shape index (κ1) is 13.0. The molecule has 1 unspecified atom stereocenters. The fraction of sp³-hybridized carbons (Fsp3) is 0.571. The highest BCUT2D eigenvalue weighted by atomic mass is 16.5. The first-order chi connectivity index (χ1) is 7.47. The van der Waals surface area contributed by atoms with Crippen molar-refractivity contribution in [2.24, 2.45) is 5.92 Å². The average molecular weight is 222 g/mol. The van der Waals surface area contributed by atoms with Crippen molar-refractivity contribution in [2.45, 2.75) is 40.7 Å². The molecule has 0 aromatic heterocycles. The number of hydrogen-bond acceptors (Lipinski definition) is 2. The van der Waals surface area contributed by atoms with Gasteiger partial charge < -0.3 is 9.84 Å². The van der Waals surface area contributed by atoms with Crippen LogP contribution in [0.5, 0.6) is 5.75 Å². The van der Waals surface area contributed by atoms with Crippen LogP contribution in [-0.4, -0.2) is 11.7 Å². The van der Waals surface area contributed by atoms with E-state index in [1.165, 1.54) is 0 Å². The molecule has 0 radical (unpaired) electrons. The molecule has 1 N–H and O–H groups in total. The highest BCUT2D eigenvalue weighted by Crippen LogP contribution is 2.30. The van der Waals surface area contributed by atoms with Gasteiger partial charge in [-0.25, -0.2) is 0 Å². The molecule has 0 saturated heterocycles. The van der Waals surface area contributed by atoms with E-state index in [0.29, 0.717) is 6.61 Å². The molecule has 90 valence electrons. The van der Waals surface area contributed by atoms with Crippen molar-refractivity contribution >= 4 is 0 Å². The monoisotopic (exact) mass is 222 g/mol. The highest BCUT2D eigenvalue weighted by Gasteiger charge is 2.16. The summed E-state index contributed by atoms with van der Waals surface area (Å²) >= 11 is 0. The summed E-state index contributed by atoms with van der Waals surface area (Å²) in [6.45, 7) is 10.7. The van der Waals surface area contributed by atoms with Crippen LogP contribution in [-0.2, 0) is 0 Å². The van der Waals surface area contributed by atoms with E-state index in [2.05, 4.69) is 0 Å². The lowest BCUT2D eigenvalue weighted by molar-refractivity contribution is 0.126. The maximum absolute atomic E-state index is 10.1. The molecule has 1 atom stereocenters. The van der Waals surface area contributed by atoms with Gasteiger partial charge in [0.25, 0.3) is 0 Å². The second-order valence-corrected chi connectivity index (χ2v) is 4.60. The van der Waals surface area contributed by atoms with Crippen LogP contribution in [0.1, 0.15) is 43.6 Å². The van der Waals surface area contributed by atoms with Crippen LogP contribution in [0.15, 0.2) is 12.1 Å². The van der Waals surface area contributed by atoms with E-state index < -0.39 is 6.10 Å². The Kier molecular flexibility index (Phi) is 4.36. The molecular formula is C14H22O2. The van der Waals surface area contributed by atoms with Gasteiger partial charge in [0.05, 0.1) is 12.7 Å². The molecule has 0 fully saturated rings. The van der Waals surface area contributed by atoms with E-state index in [1.807, 2.05) is 46.8 Å². The molecule has 0 heterocycles. The summed E-state index contributed by atoms with van der Waals surface area (Å²) in [5.74, 6) is 1.15. The molecule has 2 heteroatoms. The first-order valence-electron chi connectivity index (χ1n) is 5.89. The van der Waals surface area contributed by atoms with Gasteiger partial charge >= 0.3 is 0 Å². The molecule has 0 saturated carbocycles. The topological polar surface area (TPSA) is 29.5 Å². The van der Waals surface area contributed by atoms with E-state index in [4.69, 9.17) is 4.74 Å². The van der Waals surface area contributed by atoms with Gasteiger partial charge in [-0.2, -0.15) is 0 Å². The van der Waals surface area contributed by atoms with Gasteiger partial charge in [-0.15, -0.1) is 0 Å². The Labute approximate surface area is 98.3 Å². The van der Waals surface area contributed by atoms with Crippen LogP contribution < -0.4 is 4.74 Å². The van der Waals surface area contributed by atoms with E-state index in [0.717, 1.165) is 22.4 Å². The second kappa shape index (κ2) is 5.35. The van der Waals surface area contributed by atoms with Gasteiger partial charge in [0.2, 0.25) is 0 Å². The summed E-state index contributed by atoms with van der Waals surface area (Å²) in [6, 6.07) is 4.05. The highest BCUT2D eigenvalue weighted by molar-refractivity contribution is 5.42. The molecule has 1 aromatic carbocycles. The summed E-state index contributed by atoms with van der Waals surface area (Å²) in [5.41, 5.74) is 3.19. The molecule has 0 spiro atoms. The molecule has 0 aliphatic carbocycles. The van der Waals surface area contributed by atoms with Crippen LogP contribution in [0.25, 0.3) is 0 Å². The van der Waals surface area contributed by atoms with Crippen molar-refractivity contribution in [1.82, 2.24) is 0 Å². The van der Waals surface area contributed by atoms with Crippen molar-refractivity contribution in [1.29, 1.82) is 0 Å². The molecule has 0 amide bonds. The van der Waals surface area contributed by atoms with Crippen LogP contribution in [0.2, 0.25) is 0 Å². The van der Waals surface area contributed by atoms with Crippen molar-refractivity contribution in [3.05, 3.63) is 28.8 Å². The summed E-state index contributed by atoms with van der Waals surface area (Å²) in [6.07, 6.45) is -0.394. The quantitative estimate of drug-likeness (QED) is 0.846. The normalized spacial score (nSPS) is 12.9. The fourth-order valence-corrected chi connectivity index (χ4v) is 1.80. The van der Waals surface area contributed by atoms with Gasteiger partial charge in [-0.1, -0.05) is 13.8 Å². The maximum Gasteiger partial charge on any atom is 0.122 e. The number of rotatable bonds is 4. The maximum atomic E-state index is 10.1. The van der Waals surface area contributed by atoms with Gasteiger partial charge in [-0.3, -0.25) is 0 Å². The van der Waals surface area contributed by atoms with Gasteiger partial charge in [0.15, 0.2) is 0 Å². The fourth-order valence-electron chi connectivity index (χ4n) is 1.80. The Morgan fingerprint density at radius 1 is 1.19 bits per heavy atom.